The number of nitrogens with one attached hydrogen (secondary N) is 2. The smallest absolute Gasteiger partial charge is 0.376 e. The van der Waals surface area contributed by atoms with E-state index in [1.165, 1.54) is 30.3 Å². The lowest BCUT2D eigenvalue weighted by Crippen LogP contribution is -2.22. The van der Waals surface area contributed by atoms with Crippen molar-refractivity contribution in [2.45, 2.75) is 13.1 Å². The van der Waals surface area contributed by atoms with Crippen LogP contribution in [-0.2, 0) is 11.0 Å². The minimum atomic E-state index is -4.44. The molecular weight excluding hydrogens is 312 g/mol. The second-order valence-electron chi connectivity index (χ2n) is 4.94. The van der Waals surface area contributed by atoms with Gasteiger partial charge in [-0.1, -0.05) is 6.07 Å². The van der Waals surface area contributed by atoms with Gasteiger partial charge in [0.1, 0.15) is 5.82 Å². The van der Waals surface area contributed by atoms with Crippen LogP contribution < -0.4 is 10.6 Å². The van der Waals surface area contributed by atoms with Gasteiger partial charge in [-0.3, -0.25) is 4.79 Å². The zero-order chi connectivity index (χ0) is 17.0. The Labute approximate surface area is 130 Å². The molecule has 3 nitrogen and oxygen atoms in total. The number of rotatable bonds is 4. The average molecular weight is 326 g/mol. The Balaban J connectivity index is 1.97. The van der Waals surface area contributed by atoms with Crippen molar-refractivity contribution < 1.29 is 22.4 Å². The SMILES string of the molecule is Cc1cc(F)ccc1NC(=O)CNc1cccc(C(F)(F)F)c1. The first kappa shape index (κ1) is 16.8. The van der Waals surface area contributed by atoms with Gasteiger partial charge in [0.15, 0.2) is 0 Å². The molecule has 2 aromatic rings. The lowest BCUT2D eigenvalue weighted by atomic mass is 10.2. The van der Waals surface area contributed by atoms with E-state index in [9.17, 15) is 22.4 Å². The highest BCUT2D eigenvalue weighted by atomic mass is 19.4. The van der Waals surface area contributed by atoms with Crippen LogP contribution in [0, 0.1) is 12.7 Å². The van der Waals surface area contributed by atoms with Gasteiger partial charge in [0.2, 0.25) is 5.91 Å². The molecule has 0 atom stereocenters. The van der Waals surface area contributed by atoms with E-state index in [1.54, 1.807) is 6.92 Å². The van der Waals surface area contributed by atoms with E-state index >= 15 is 0 Å². The van der Waals surface area contributed by atoms with Crippen molar-refractivity contribution in [2.24, 2.45) is 0 Å². The van der Waals surface area contributed by atoms with Gasteiger partial charge in [0, 0.05) is 11.4 Å². The molecule has 0 aliphatic carbocycles. The number of anilines is 2. The van der Waals surface area contributed by atoms with E-state index in [4.69, 9.17) is 0 Å². The Morgan fingerprint density at radius 3 is 2.52 bits per heavy atom. The lowest BCUT2D eigenvalue weighted by Gasteiger charge is -2.12. The first-order chi connectivity index (χ1) is 10.8. The minimum Gasteiger partial charge on any atom is -0.376 e. The fourth-order valence-electron chi connectivity index (χ4n) is 1.95. The van der Waals surface area contributed by atoms with E-state index in [-0.39, 0.29) is 12.2 Å². The molecule has 0 unspecified atom stereocenters. The van der Waals surface area contributed by atoms with E-state index < -0.39 is 23.5 Å². The Hall–Kier alpha value is -2.57. The van der Waals surface area contributed by atoms with E-state index in [1.807, 2.05) is 0 Å². The third-order valence-electron chi connectivity index (χ3n) is 3.11. The van der Waals surface area contributed by atoms with Crippen LogP contribution in [0.4, 0.5) is 28.9 Å². The molecule has 0 aliphatic heterocycles. The lowest BCUT2D eigenvalue weighted by molar-refractivity contribution is -0.137. The maximum atomic E-state index is 13.0. The summed E-state index contributed by atoms with van der Waals surface area (Å²) in [6.07, 6.45) is -4.44. The minimum absolute atomic E-state index is 0.186. The molecule has 0 bridgehead atoms. The molecule has 2 N–H and O–H groups in total. The van der Waals surface area contributed by atoms with Gasteiger partial charge in [-0.05, 0) is 48.9 Å². The first-order valence-electron chi connectivity index (χ1n) is 6.73. The molecule has 0 saturated heterocycles. The average Bonchev–Trinajstić information content (AvgIpc) is 2.47. The number of aryl methyl sites for hydroxylation is 1. The van der Waals surface area contributed by atoms with Crippen molar-refractivity contribution in [2.75, 3.05) is 17.2 Å². The zero-order valence-corrected chi connectivity index (χ0v) is 12.2. The van der Waals surface area contributed by atoms with E-state index in [0.29, 0.717) is 11.3 Å². The molecule has 1 amide bonds. The Morgan fingerprint density at radius 1 is 1.13 bits per heavy atom. The summed E-state index contributed by atoms with van der Waals surface area (Å²) in [5, 5.41) is 5.18. The number of carbonyl (C=O) groups is 1. The van der Waals surface area contributed by atoms with Crippen molar-refractivity contribution >= 4 is 17.3 Å². The molecule has 0 spiro atoms. The van der Waals surface area contributed by atoms with E-state index in [2.05, 4.69) is 10.6 Å². The van der Waals surface area contributed by atoms with Gasteiger partial charge in [-0.25, -0.2) is 4.39 Å². The third kappa shape index (κ3) is 4.70. The molecule has 2 rings (SSSR count). The predicted molar refractivity (Wildman–Crippen MR) is 79.7 cm³/mol. The van der Waals surface area contributed by atoms with Crippen LogP contribution in [-0.4, -0.2) is 12.5 Å². The molecule has 0 heterocycles. The third-order valence-corrected chi connectivity index (χ3v) is 3.11. The van der Waals surface area contributed by atoms with Gasteiger partial charge < -0.3 is 10.6 Å². The Kier molecular flexibility index (Phi) is 4.88. The van der Waals surface area contributed by atoms with Gasteiger partial charge in [0.05, 0.1) is 12.1 Å². The zero-order valence-electron chi connectivity index (χ0n) is 12.2. The van der Waals surface area contributed by atoms with Crippen LogP contribution in [0.15, 0.2) is 42.5 Å². The molecule has 0 aliphatic rings. The standard InChI is InChI=1S/C16H14F4N2O/c1-10-7-12(17)5-6-14(10)22-15(23)9-21-13-4-2-3-11(8-13)16(18,19)20/h2-8,21H,9H2,1H3,(H,22,23). The van der Waals surface area contributed by atoms with Gasteiger partial charge in [-0.2, -0.15) is 13.2 Å². The van der Waals surface area contributed by atoms with Crippen molar-refractivity contribution in [3.8, 4) is 0 Å². The molecule has 7 heteroatoms. The summed E-state index contributed by atoms with van der Waals surface area (Å²) < 4.78 is 50.8. The van der Waals surface area contributed by atoms with E-state index in [0.717, 1.165) is 12.1 Å². The monoisotopic (exact) mass is 326 g/mol. The van der Waals surface area contributed by atoms with Gasteiger partial charge >= 0.3 is 6.18 Å². The normalized spacial score (nSPS) is 11.2. The highest BCUT2D eigenvalue weighted by Crippen LogP contribution is 2.30. The van der Waals surface area contributed by atoms with Crippen molar-refractivity contribution in [3.05, 3.63) is 59.4 Å². The predicted octanol–water partition coefficient (Wildman–Crippen LogP) is 4.20. The number of benzene rings is 2. The fourth-order valence-corrected chi connectivity index (χ4v) is 1.95. The summed E-state index contributed by atoms with van der Waals surface area (Å²) in [6.45, 7) is 1.43. The summed E-state index contributed by atoms with van der Waals surface area (Å²) >= 11 is 0. The Morgan fingerprint density at radius 2 is 1.87 bits per heavy atom. The number of hydrogen-bond acceptors (Lipinski definition) is 2. The van der Waals surface area contributed by atoms with Crippen LogP contribution >= 0.6 is 0 Å². The van der Waals surface area contributed by atoms with Crippen molar-refractivity contribution in [1.82, 2.24) is 0 Å². The first-order valence-corrected chi connectivity index (χ1v) is 6.73. The highest BCUT2D eigenvalue weighted by molar-refractivity contribution is 5.94. The van der Waals surface area contributed by atoms with Crippen LogP contribution in [0.1, 0.15) is 11.1 Å². The quantitative estimate of drug-likeness (QED) is 0.827. The summed E-state index contributed by atoms with van der Waals surface area (Å²) in [4.78, 5) is 11.8. The molecule has 0 fully saturated rings. The second-order valence-corrected chi connectivity index (χ2v) is 4.94. The molecular formula is C16H14F4N2O. The number of hydrogen-bond donors (Lipinski definition) is 2. The second kappa shape index (κ2) is 6.68. The molecule has 0 saturated carbocycles. The van der Waals surface area contributed by atoms with Crippen molar-refractivity contribution in [1.29, 1.82) is 0 Å². The highest BCUT2D eigenvalue weighted by Gasteiger charge is 2.30. The topological polar surface area (TPSA) is 41.1 Å². The largest absolute Gasteiger partial charge is 0.416 e. The summed E-state index contributed by atoms with van der Waals surface area (Å²) in [5.74, 6) is -0.861. The number of alkyl halides is 3. The van der Waals surface area contributed by atoms with Crippen LogP contribution in [0.5, 0.6) is 0 Å². The van der Waals surface area contributed by atoms with Gasteiger partial charge in [-0.15, -0.1) is 0 Å². The Bertz CT molecular complexity index is 713. The maximum absolute atomic E-state index is 13.0. The van der Waals surface area contributed by atoms with Crippen LogP contribution in [0.2, 0.25) is 0 Å². The molecule has 0 radical (unpaired) electrons. The molecule has 2 aromatic carbocycles. The summed E-state index contributed by atoms with van der Waals surface area (Å²) in [7, 11) is 0. The van der Waals surface area contributed by atoms with Crippen LogP contribution in [0.3, 0.4) is 0 Å². The molecule has 122 valence electrons. The number of halogens is 4. The summed E-state index contributed by atoms with van der Waals surface area (Å²) in [6, 6.07) is 8.48. The number of carbonyl (C=O) groups excluding carboxylic acids is 1. The number of amides is 1. The maximum Gasteiger partial charge on any atom is 0.416 e. The summed E-state index contributed by atoms with van der Waals surface area (Å²) in [5.41, 5.74) is 0.391. The molecule has 23 heavy (non-hydrogen) atoms. The fraction of sp³-hybridized carbons (Fsp3) is 0.188. The van der Waals surface area contributed by atoms with Gasteiger partial charge in [0.25, 0.3) is 0 Å². The van der Waals surface area contributed by atoms with Crippen LogP contribution in [0.25, 0.3) is 0 Å². The van der Waals surface area contributed by atoms with Crippen molar-refractivity contribution in [3.63, 3.8) is 0 Å². The molecule has 0 aromatic heterocycles.